The quantitative estimate of drug-likeness (QED) is 0.344. The predicted octanol–water partition coefficient (Wildman–Crippen LogP) is 2.07. The Kier molecular flexibility index (Phi) is 5.58. The second-order valence-electron chi connectivity index (χ2n) is 4.03. The summed E-state index contributed by atoms with van der Waals surface area (Å²) in [4.78, 5) is 33.6. The van der Waals surface area contributed by atoms with Gasteiger partial charge in [0.25, 0.3) is 0 Å². The lowest BCUT2D eigenvalue weighted by Gasteiger charge is -2.14. The average molecular weight is 277 g/mol. The highest BCUT2D eigenvalue weighted by Crippen LogP contribution is 2.25. The number of ketones is 1. The van der Waals surface area contributed by atoms with Gasteiger partial charge in [0.1, 0.15) is 11.7 Å². The number of Topliss-reactive ketones (excluding diaryl/α,β-unsaturated/α-hetero) is 1. The third-order valence-electron chi connectivity index (χ3n) is 2.59. The molecule has 1 unspecified atom stereocenters. The van der Waals surface area contributed by atoms with Crippen LogP contribution < -0.4 is 0 Å². The molecule has 0 spiro atoms. The third-order valence-corrected chi connectivity index (χ3v) is 2.59. The van der Waals surface area contributed by atoms with Crippen molar-refractivity contribution in [1.82, 2.24) is 0 Å². The van der Waals surface area contributed by atoms with E-state index in [-0.39, 0.29) is 12.2 Å². The van der Waals surface area contributed by atoms with Crippen molar-refractivity contribution in [1.29, 1.82) is 0 Å². The number of benzene rings is 1. The van der Waals surface area contributed by atoms with Crippen LogP contribution in [0.5, 0.6) is 0 Å². The smallest absolute Gasteiger partial charge is 0.321 e. The van der Waals surface area contributed by atoms with E-state index in [1.165, 1.54) is 6.92 Å². The number of esters is 1. The molecule has 0 aliphatic carbocycles. The Morgan fingerprint density at radius 1 is 1.35 bits per heavy atom. The van der Waals surface area contributed by atoms with Gasteiger partial charge in [-0.2, -0.15) is 0 Å². The molecule has 20 heavy (non-hydrogen) atoms. The highest BCUT2D eigenvalue weighted by atomic mass is 16.6. The number of nitrogens with zero attached hydrogens (tertiary/aromatic N) is 1. The van der Waals surface area contributed by atoms with Crippen LogP contribution in [-0.2, 0) is 14.3 Å². The van der Waals surface area contributed by atoms with Crippen molar-refractivity contribution < 1.29 is 19.2 Å². The maximum atomic E-state index is 11.9. The number of hydrogen-bond donors (Lipinski definition) is 0. The molecule has 0 saturated heterocycles. The maximum Gasteiger partial charge on any atom is 0.321 e. The van der Waals surface area contributed by atoms with Gasteiger partial charge in [0.15, 0.2) is 0 Å². The summed E-state index contributed by atoms with van der Waals surface area (Å²) in [6.45, 7) is 2.91. The molecular weight excluding hydrogens is 262 g/mol. The molecule has 1 atom stereocenters. The van der Waals surface area contributed by atoms with E-state index in [0.717, 1.165) is 0 Å². The molecule has 0 N–H and O–H groups in total. The Morgan fingerprint density at radius 3 is 2.40 bits per heavy atom. The fourth-order valence-corrected chi connectivity index (χ4v) is 1.80. The fraction of sp³-hybridized carbons (Fsp3) is 0.286. The van der Waals surface area contributed by atoms with Crippen molar-refractivity contribution in [3.05, 3.63) is 52.2 Å². The number of nitro groups is 1. The van der Waals surface area contributed by atoms with Gasteiger partial charge in [-0.15, -0.1) is 0 Å². The second kappa shape index (κ2) is 7.18. The highest BCUT2D eigenvalue weighted by Gasteiger charge is 2.32. The standard InChI is InChI=1S/C14H15NO5/c1-3-20-14(17)13(10(2)16)12(9-15(18)19)11-7-5-4-6-8-11/h4-9,13H,3H2,1-2H3. The molecule has 6 nitrogen and oxygen atoms in total. The second-order valence-corrected chi connectivity index (χ2v) is 4.03. The Morgan fingerprint density at radius 2 is 1.95 bits per heavy atom. The maximum absolute atomic E-state index is 11.9. The minimum absolute atomic E-state index is 0.0292. The van der Waals surface area contributed by atoms with Gasteiger partial charge in [0, 0.05) is 0 Å². The molecule has 1 rings (SSSR count). The monoisotopic (exact) mass is 277 g/mol. The molecule has 6 heteroatoms. The van der Waals surface area contributed by atoms with E-state index in [0.29, 0.717) is 11.8 Å². The first-order valence-corrected chi connectivity index (χ1v) is 6.05. The van der Waals surface area contributed by atoms with Crippen LogP contribution in [0.4, 0.5) is 0 Å². The summed E-state index contributed by atoms with van der Waals surface area (Å²) >= 11 is 0. The lowest BCUT2D eigenvalue weighted by Crippen LogP contribution is -2.26. The number of carbonyl (C=O) groups is 2. The molecule has 0 radical (unpaired) electrons. The molecule has 106 valence electrons. The van der Waals surface area contributed by atoms with Crippen LogP contribution in [0.25, 0.3) is 5.57 Å². The van der Waals surface area contributed by atoms with Crippen LogP contribution in [-0.4, -0.2) is 23.3 Å². The zero-order chi connectivity index (χ0) is 15.1. The Hall–Kier alpha value is -2.50. The number of rotatable bonds is 6. The average Bonchev–Trinajstić information content (AvgIpc) is 2.38. The van der Waals surface area contributed by atoms with E-state index in [4.69, 9.17) is 4.74 Å². The van der Waals surface area contributed by atoms with Crippen LogP contribution in [0.15, 0.2) is 36.5 Å². The van der Waals surface area contributed by atoms with E-state index in [1.807, 2.05) is 0 Å². The van der Waals surface area contributed by atoms with Gasteiger partial charge >= 0.3 is 5.97 Å². The summed E-state index contributed by atoms with van der Waals surface area (Å²) in [6, 6.07) is 8.28. The van der Waals surface area contributed by atoms with Gasteiger partial charge in [-0.3, -0.25) is 19.7 Å². The van der Waals surface area contributed by atoms with E-state index >= 15 is 0 Å². The molecule has 0 aromatic heterocycles. The van der Waals surface area contributed by atoms with Gasteiger partial charge in [-0.05, 0) is 19.4 Å². The van der Waals surface area contributed by atoms with Crippen molar-refractivity contribution in [3.8, 4) is 0 Å². The normalized spacial score (nSPS) is 12.6. The number of hydrogen-bond acceptors (Lipinski definition) is 5. The first kappa shape index (κ1) is 15.6. The zero-order valence-corrected chi connectivity index (χ0v) is 11.2. The molecule has 0 bridgehead atoms. The molecular formula is C14H15NO5. The van der Waals surface area contributed by atoms with Crippen molar-refractivity contribution in [2.45, 2.75) is 13.8 Å². The topological polar surface area (TPSA) is 86.5 Å². The van der Waals surface area contributed by atoms with Crippen molar-refractivity contribution in [2.75, 3.05) is 6.61 Å². The van der Waals surface area contributed by atoms with Crippen LogP contribution in [0.1, 0.15) is 19.4 Å². The first-order valence-electron chi connectivity index (χ1n) is 6.05. The molecule has 1 aromatic rings. The van der Waals surface area contributed by atoms with E-state index < -0.39 is 22.6 Å². The van der Waals surface area contributed by atoms with Crippen molar-refractivity contribution in [2.24, 2.45) is 5.92 Å². The summed E-state index contributed by atoms with van der Waals surface area (Å²) in [5.74, 6) is -2.57. The van der Waals surface area contributed by atoms with Gasteiger partial charge in [-0.25, -0.2) is 0 Å². The third kappa shape index (κ3) is 4.01. The lowest BCUT2D eigenvalue weighted by molar-refractivity contribution is -0.401. The highest BCUT2D eigenvalue weighted by molar-refractivity contribution is 6.08. The molecule has 0 amide bonds. The predicted molar refractivity (Wildman–Crippen MR) is 72.2 cm³/mol. The molecule has 0 saturated carbocycles. The fourth-order valence-electron chi connectivity index (χ4n) is 1.80. The largest absolute Gasteiger partial charge is 0.465 e. The summed E-state index contributed by atoms with van der Waals surface area (Å²) in [7, 11) is 0. The van der Waals surface area contributed by atoms with Gasteiger partial charge < -0.3 is 4.74 Å². The van der Waals surface area contributed by atoms with E-state index in [1.54, 1.807) is 37.3 Å². The van der Waals surface area contributed by atoms with Gasteiger partial charge in [-0.1, -0.05) is 30.3 Å². The van der Waals surface area contributed by atoms with Crippen LogP contribution in [0, 0.1) is 16.0 Å². The molecule has 0 aliphatic rings. The first-order chi connectivity index (χ1) is 9.47. The van der Waals surface area contributed by atoms with Crippen molar-refractivity contribution in [3.63, 3.8) is 0 Å². The molecule has 0 heterocycles. The minimum atomic E-state index is -1.29. The molecule has 0 aliphatic heterocycles. The summed E-state index contributed by atoms with van der Waals surface area (Å²) in [5, 5.41) is 10.8. The van der Waals surface area contributed by atoms with Crippen LogP contribution in [0.2, 0.25) is 0 Å². The Balaban J connectivity index is 3.31. The zero-order valence-electron chi connectivity index (χ0n) is 11.2. The minimum Gasteiger partial charge on any atom is -0.465 e. The summed E-state index contributed by atoms with van der Waals surface area (Å²) in [6.07, 6.45) is 0.679. The van der Waals surface area contributed by atoms with E-state index in [9.17, 15) is 19.7 Å². The van der Waals surface area contributed by atoms with Gasteiger partial charge in [0.2, 0.25) is 6.20 Å². The summed E-state index contributed by atoms with van der Waals surface area (Å²) < 4.78 is 4.83. The van der Waals surface area contributed by atoms with E-state index in [2.05, 4.69) is 0 Å². The van der Waals surface area contributed by atoms with Gasteiger partial charge in [0.05, 0.1) is 17.1 Å². The Bertz CT molecular complexity index is 536. The number of carbonyl (C=O) groups excluding carboxylic acids is 2. The summed E-state index contributed by atoms with van der Waals surface area (Å²) in [5.41, 5.74) is 0.471. The van der Waals surface area contributed by atoms with Crippen molar-refractivity contribution >= 4 is 17.3 Å². The molecule has 0 fully saturated rings. The lowest BCUT2D eigenvalue weighted by atomic mass is 9.90. The van der Waals surface area contributed by atoms with Crippen LogP contribution >= 0.6 is 0 Å². The number of ether oxygens (including phenoxy) is 1. The van der Waals surface area contributed by atoms with Crippen LogP contribution in [0.3, 0.4) is 0 Å². The Labute approximate surface area is 116 Å². The molecule has 1 aromatic carbocycles. The SMILES string of the molecule is CCOC(=O)C(C(C)=O)C(=C[N+](=O)[O-])c1ccccc1.